The van der Waals surface area contributed by atoms with E-state index >= 15 is 0 Å². The summed E-state index contributed by atoms with van der Waals surface area (Å²) in [5, 5.41) is 4.87. The summed E-state index contributed by atoms with van der Waals surface area (Å²) in [6, 6.07) is 10.7. The van der Waals surface area contributed by atoms with Gasteiger partial charge in [-0.3, -0.25) is 4.79 Å². The molecular formula is C22H22Cl2N2O4. The van der Waals surface area contributed by atoms with Crippen molar-refractivity contribution in [1.82, 2.24) is 10.1 Å². The fourth-order valence-corrected chi connectivity index (χ4v) is 3.78. The van der Waals surface area contributed by atoms with E-state index in [2.05, 4.69) is 5.16 Å². The highest BCUT2D eigenvalue weighted by atomic mass is 35.5. The Morgan fingerprint density at radius 3 is 2.37 bits per heavy atom. The Hall–Kier alpha value is -2.70. The first-order chi connectivity index (χ1) is 14.4. The second kappa shape index (κ2) is 9.41. The first kappa shape index (κ1) is 22.0. The van der Waals surface area contributed by atoms with Gasteiger partial charge >= 0.3 is 0 Å². The van der Waals surface area contributed by atoms with Crippen molar-refractivity contribution >= 4 is 29.1 Å². The smallest absolute Gasteiger partial charge is 0.260 e. The average molecular weight is 449 g/mol. The molecule has 6 nitrogen and oxygen atoms in total. The predicted octanol–water partition coefficient (Wildman–Crippen LogP) is 5.64. The van der Waals surface area contributed by atoms with Gasteiger partial charge in [0.1, 0.15) is 17.0 Å². The standard InChI is InChI=1S/C22H22Cl2N2O4/c1-5-26(12-14-9-10-17(28-3)18(11-14)29-4)22(27)19-13(2)30-25-21(19)20-15(23)7-6-8-16(20)24/h6-11H,5,12H2,1-4H3. The third-order valence-electron chi connectivity index (χ3n) is 4.77. The largest absolute Gasteiger partial charge is 0.493 e. The summed E-state index contributed by atoms with van der Waals surface area (Å²) in [5.74, 6) is 1.40. The van der Waals surface area contributed by atoms with E-state index in [4.69, 9.17) is 37.2 Å². The molecule has 0 atom stereocenters. The first-order valence-electron chi connectivity index (χ1n) is 9.32. The molecule has 0 spiro atoms. The van der Waals surface area contributed by atoms with Crippen molar-refractivity contribution in [2.75, 3.05) is 20.8 Å². The molecule has 0 fully saturated rings. The van der Waals surface area contributed by atoms with E-state index in [0.717, 1.165) is 5.56 Å². The lowest BCUT2D eigenvalue weighted by Crippen LogP contribution is -2.31. The summed E-state index contributed by atoms with van der Waals surface area (Å²) in [6.45, 7) is 4.45. The molecule has 0 aliphatic rings. The number of aromatic nitrogens is 1. The number of halogens is 2. The molecule has 0 aliphatic carbocycles. The van der Waals surface area contributed by atoms with Crippen molar-refractivity contribution < 1.29 is 18.8 Å². The molecule has 0 radical (unpaired) electrons. The maximum atomic E-state index is 13.4. The van der Waals surface area contributed by atoms with E-state index < -0.39 is 0 Å². The fraction of sp³-hybridized carbons (Fsp3) is 0.273. The van der Waals surface area contributed by atoms with E-state index in [1.54, 1.807) is 44.2 Å². The summed E-state index contributed by atoms with van der Waals surface area (Å²) in [6.07, 6.45) is 0. The quantitative estimate of drug-likeness (QED) is 0.467. The third-order valence-corrected chi connectivity index (χ3v) is 5.40. The molecule has 8 heteroatoms. The van der Waals surface area contributed by atoms with E-state index in [1.165, 1.54) is 0 Å². The van der Waals surface area contributed by atoms with E-state index in [9.17, 15) is 4.79 Å². The lowest BCUT2D eigenvalue weighted by atomic mass is 10.0. The third kappa shape index (κ3) is 4.25. The molecular weight excluding hydrogens is 427 g/mol. The Balaban J connectivity index is 1.97. The highest BCUT2D eigenvalue weighted by molar-refractivity contribution is 6.39. The Labute approximate surface area is 185 Å². The van der Waals surface area contributed by atoms with Crippen molar-refractivity contribution in [3.05, 3.63) is 63.3 Å². The molecule has 3 rings (SSSR count). The van der Waals surface area contributed by atoms with Crippen LogP contribution in [-0.2, 0) is 6.54 Å². The van der Waals surface area contributed by atoms with Gasteiger partial charge in [0.15, 0.2) is 11.5 Å². The number of rotatable bonds is 7. The van der Waals surface area contributed by atoms with Gasteiger partial charge in [-0.2, -0.15) is 0 Å². The summed E-state index contributed by atoms with van der Waals surface area (Å²) in [5.41, 5.74) is 2.05. The van der Waals surface area contributed by atoms with Gasteiger partial charge in [0, 0.05) is 18.7 Å². The summed E-state index contributed by atoms with van der Waals surface area (Å²) in [4.78, 5) is 15.1. The van der Waals surface area contributed by atoms with Crippen molar-refractivity contribution in [1.29, 1.82) is 0 Å². The fourth-order valence-electron chi connectivity index (χ4n) is 3.20. The van der Waals surface area contributed by atoms with Crippen LogP contribution in [0.4, 0.5) is 0 Å². The SMILES string of the molecule is CCN(Cc1ccc(OC)c(OC)c1)C(=O)c1c(-c2c(Cl)cccc2Cl)noc1C. The molecule has 0 unspecified atom stereocenters. The number of nitrogens with zero attached hydrogens (tertiary/aromatic N) is 2. The summed E-state index contributed by atoms with van der Waals surface area (Å²) < 4.78 is 16.0. The van der Waals surface area contributed by atoms with Gasteiger partial charge < -0.3 is 18.9 Å². The number of benzene rings is 2. The van der Waals surface area contributed by atoms with Gasteiger partial charge in [-0.05, 0) is 43.7 Å². The van der Waals surface area contributed by atoms with Crippen LogP contribution in [0.1, 0.15) is 28.6 Å². The maximum Gasteiger partial charge on any atom is 0.260 e. The predicted molar refractivity (Wildman–Crippen MR) is 117 cm³/mol. The molecule has 1 aromatic heterocycles. The summed E-state index contributed by atoms with van der Waals surface area (Å²) >= 11 is 12.7. The van der Waals surface area contributed by atoms with Crippen LogP contribution in [-0.4, -0.2) is 36.7 Å². The van der Waals surface area contributed by atoms with Crippen molar-refractivity contribution in [2.45, 2.75) is 20.4 Å². The Morgan fingerprint density at radius 1 is 1.10 bits per heavy atom. The van der Waals surface area contributed by atoms with Gasteiger partial charge in [0.05, 0.1) is 24.3 Å². The number of carbonyl (C=O) groups is 1. The van der Waals surface area contributed by atoms with E-state index in [1.807, 2.05) is 25.1 Å². The molecule has 0 bridgehead atoms. The average Bonchev–Trinajstić information content (AvgIpc) is 3.12. The minimum absolute atomic E-state index is 0.225. The van der Waals surface area contributed by atoms with Crippen molar-refractivity contribution in [3.63, 3.8) is 0 Å². The van der Waals surface area contributed by atoms with Crippen LogP contribution in [0.3, 0.4) is 0 Å². The number of hydrogen-bond donors (Lipinski definition) is 0. The zero-order valence-electron chi connectivity index (χ0n) is 17.2. The van der Waals surface area contributed by atoms with Crippen LogP contribution < -0.4 is 9.47 Å². The van der Waals surface area contributed by atoms with Crippen LogP contribution in [0.5, 0.6) is 11.5 Å². The van der Waals surface area contributed by atoms with Crippen LogP contribution >= 0.6 is 23.2 Å². The number of methoxy groups -OCH3 is 2. The van der Waals surface area contributed by atoms with Gasteiger partial charge in [-0.1, -0.05) is 40.5 Å². The first-order valence-corrected chi connectivity index (χ1v) is 10.1. The van der Waals surface area contributed by atoms with Crippen molar-refractivity contribution in [2.24, 2.45) is 0 Å². The normalized spacial score (nSPS) is 10.7. The molecule has 2 aromatic carbocycles. The number of carbonyl (C=O) groups excluding carboxylic acids is 1. The molecule has 0 saturated heterocycles. The molecule has 0 N–H and O–H groups in total. The van der Waals surface area contributed by atoms with Crippen molar-refractivity contribution in [3.8, 4) is 22.8 Å². The number of amides is 1. The van der Waals surface area contributed by atoms with Crippen LogP contribution in [0.25, 0.3) is 11.3 Å². The molecule has 1 amide bonds. The molecule has 158 valence electrons. The minimum atomic E-state index is -0.225. The van der Waals surface area contributed by atoms with Crippen LogP contribution in [0.2, 0.25) is 10.0 Å². The lowest BCUT2D eigenvalue weighted by molar-refractivity contribution is 0.0751. The van der Waals surface area contributed by atoms with E-state index in [0.29, 0.717) is 57.2 Å². The highest BCUT2D eigenvalue weighted by Gasteiger charge is 2.28. The second-order valence-electron chi connectivity index (χ2n) is 6.57. The molecule has 3 aromatic rings. The van der Waals surface area contributed by atoms with E-state index in [-0.39, 0.29) is 5.91 Å². The number of hydrogen-bond acceptors (Lipinski definition) is 5. The minimum Gasteiger partial charge on any atom is -0.493 e. The number of aryl methyl sites for hydroxylation is 1. The Morgan fingerprint density at radius 2 is 1.77 bits per heavy atom. The van der Waals surface area contributed by atoms with Gasteiger partial charge in [0.2, 0.25) is 0 Å². The monoisotopic (exact) mass is 448 g/mol. The molecule has 0 saturated carbocycles. The Kier molecular flexibility index (Phi) is 6.90. The second-order valence-corrected chi connectivity index (χ2v) is 7.38. The number of ether oxygens (including phenoxy) is 2. The van der Waals surface area contributed by atoms with Crippen LogP contribution in [0, 0.1) is 6.92 Å². The molecule has 30 heavy (non-hydrogen) atoms. The maximum absolute atomic E-state index is 13.4. The zero-order chi connectivity index (χ0) is 21.8. The Bertz CT molecular complexity index is 1050. The lowest BCUT2D eigenvalue weighted by Gasteiger charge is -2.22. The topological polar surface area (TPSA) is 64.8 Å². The highest BCUT2D eigenvalue weighted by Crippen LogP contribution is 2.37. The van der Waals surface area contributed by atoms with Gasteiger partial charge in [-0.25, -0.2) is 0 Å². The van der Waals surface area contributed by atoms with Gasteiger partial charge in [-0.15, -0.1) is 0 Å². The molecule has 1 heterocycles. The summed E-state index contributed by atoms with van der Waals surface area (Å²) in [7, 11) is 3.15. The van der Waals surface area contributed by atoms with Gasteiger partial charge in [0.25, 0.3) is 5.91 Å². The molecule has 0 aliphatic heterocycles. The zero-order valence-corrected chi connectivity index (χ0v) is 18.7. The van der Waals surface area contributed by atoms with Crippen LogP contribution in [0.15, 0.2) is 40.9 Å².